The molecule has 0 bridgehead atoms. The van der Waals surface area contributed by atoms with Crippen molar-refractivity contribution < 1.29 is 18.0 Å². The molecular weight excluding hydrogens is 436 g/mol. The molecule has 0 aromatic heterocycles. The number of nitrogens with one attached hydrogen (secondary N) is 1. The van der Waals surface area contributed by atoms with E-state index in [2.05, 4.69) is 5.32 Å². The van der Waals surface area contributed by atoms with E-state index in [1.54, 1.807) is 42.5 Å². The first-order chi connectivity index (χ1) is 14.9. The normalized spacial score (nSPS) is 16.7. The number of carbonyl (C=O) groups excluding carboxylic acids is 2. The van der Waals surface area contributed by atoms with Gasteiger partial charge in [-0.15, -0.1) is 0 Å². The van der Waals surface area contributed by atoms with Crippen molar-refractivity contribution in [3.63, 3.8) is 0 Å². The topological polar surface area (TPSA) is 83.6 Å². The fraction of sp³-hybridized carbons (Fsp3) is 0.391. The van der Waals surface area contributed by atoms with Crippen LogP contribution in [-0.4, -0.2) is 33.2 Å². The Hall–Kier alpha value is -2.38. The minimum absolute atomic E-state index is 0.0923. The number of benzene rings is 2. The van der Waals surface area contributed by atoms with Crippen molar-refractivity contribution in [1.82, 2.24) is 5.32 Å². The van der Waals surface area contributed by atoms with Crippen molar-refractivity contribution in [2.45, 2.75) is 43.4 Å². The van der Waals surface area contributed by atoms with Gasteiger partial charge in [-0.2, -0.15) is 0 Å². The molecule has 0 spiro atoms. The third-order valence-electron chi connectivity index (χ3n) is 5.47. The van der Waals surface area contributed by atoms with E-state index in [1.807, 2.05) is 0 Å². The average molecular weight is 463 g/mol. The highest BCUT2D eigenvalue weighted by atomic mass is 35.5. The molecule has 0 aliphatic heterocycles. The lowest BCUT2D eigenvalue weighted by Crippen LogP contribution is -2.41. The molecule has 8 heteroatoms. The largest absolute Gasteiger partial charge is 0.355 e. The van der Waals surface area contributed by atoms with E-state index in [0.717, 1.165) is 30.0 Å². The second-order valence-electron chi connectivity index (χ2n) is 7.70. The number of halogens is 1. The second kappa shape index (κ2) is 10.8. The first kappa shape index (κ1) is 23.3. The van der Waals surface area contributed by atoms with Crippen molar-refractivity contribution in [3.05, 3.63) is 59.6 Å². The Bertz CT molecular complexity index is 994. The Morgan fingerprint density at radius 1 is 1.06 bits per heavy atom. The number of rotatable bonds is 9. The molecule has 0 saturated heterocycles. The number of sulfonamides is 1. The predicted molar refractivity (Wildman–Crippen MR) is 122 cm³/mol. The fourth-order valence-electron chi connectivity index (χ4n) is 3.77. The van der Waals surface area contributed by atoms with Crippen molar-refractivity contribution >= 4 is 39.0 Å². The fourth-order valence-corrected chi connectivity index (χ4v) is 5.33. The van der Waals surface area contributed by atoms with Crippen molar-refractivity contribution in [2.75, 3.05) is 17.4 Å². The molecule has 1 saturated carbocycles. The molecular formula is C23H27ClN2O4S. The first-order valence-electron chi connectivity index (χ1n) is 10.5. The Labute approximate surface area is 188 Å². The lowest BCUT2D eigenvalue weighted by molar-refractivity contribution is -0.124. The summed E-state index contributed by atoms with van der Waals surface area (Å²) in [7, 11) is -3.93. The van der Waals surface area contributed by atoms with Gasteiger partial charge in [0.2, 0.25) is 5.91 Å². The third kappa shape index (κ3) is 6.31. The van der Waals surface area contributed by atoms with Crippen LogP contribution in [0.4, 0.5) is 5.69 Å². The Kier molecular flexibility index (Phi) is 8.09. The summed E-state index contributed by atoms with van der Waals surface area (Å²) in [5, 5.41) is 3.26. The summed E-state index contributed by atoms with van der Waals surface area (Å²) in [6.45, 7) is 0.0592. The number of anilines is 1. The van der Waals surface area contributed by atoms with Crippen molar-refractivity contribution in [3.8, 4) is 0 Å². The van der Waals surface area contributed by atoms with Gasteiger partial charge < -0.3 is 5.32 Å². The van der Waals surface area contributed by atoms with E-state index >= 15 is 0 Å². The highest BCUT2D eigenvalue weighted by molar-refractivity contribution is 7.92. The molecule has 1 unspecified atom stereocenters. The van der Waals surface area contributed by atoms with Gasteiger partial charge in [0.05, 0.1) is 10.6 Å². The SMILES string of the molecule is O=C(CN(c1ccc(Cl)cc1)S(=O)(=O)c1ccccc1)NCCCC1CCCCC1=O. The van der Waals surface area contributed by atoms with E-state index in [4.69, 9.17) is 11.6 Å². The van der Waals surface area contributed by atoms with Crippen LogP contribution in [-0.2, 0) is 19.6 Å². The van der Waals surface area contributed by atoms with Gasteiger partial charge in [0.25, 0.3) is 10.0 Å². The van der Waals surface area contributed by atoms with Crippen molar-refractivity contribution in [2.24, 2.45) is 5.92 Å². The molecule has 0 radical (unpaired) electrons. The summed E-state index contributed by atoms with van der Waals surface area (Å²) >= 11 is 5.94. The average Bonchev–Trinajstić information content (AvgIpc) is 2.77. The van der Waals surface area contributed by atoms with E-state index in [0.29, 0.717) is 35.9 Å². The number of Topliss-reactive ketones (excluding diaryl/α,β-unsaturated/α-hetero) is 1. The Morgan fingerprint density at radius 2 is 1.77 bits per heavy atom. The maximum atomic E-state index is 13.2. The molecule has 1 fully saturated rings. The molecule has 0 heterocycles. The highest BCUT2D eigenvalue weighted by Gasteiger charge is 2.27. The summed E-state index contributed by atoms with van der Waals surface area (Å²) in [6, 6.07) is 14.3. The predicted octanol–water partition coefficient (Wildman–Crippen LogP) is 4.19. The van der Waals surface area contributed by atoms with Crippen LogP contribution in [0.1, 0.15) is 38.5 Å². The summed E-state index contributed by atoms with van der Waals surface area (Å²) in [4.78, 5) is 24.6. The van der Waals surface area contributed by atoms with Crippen LogP contribution in [0.5, 0.6) is 0 Å². The smallest absolute Gasteiger partial charge is 0.264 e. The lowest BCUT2D eigenvalue weighted by atomic mass is 9.85. The van der Waals surface area contributed by atoms with Crippen LogP contribution in [0, 0.1) is 5.92 Å². The first-order valence-corrected chi connectivity index (χ1v) is 12.3. The molecule has 31 heavy (non-hydrogen) atoms. The van der Waals surface area contributed by atoms with Gasteiger partial charge in [0.15, 0.2) is 0 Å². The minimum Gasteiger partial charge on any atom is -0.355 e. The number of hydrogen-bond acceptors (Lipinski definition) is 4. The van der Waals surface area contributed by atoms with Gasteiger partial charge in [0.1, 0.15) is 12.3 Å². The monoisotopic (exact) mass is 462 g/mol. The molecule has 1 N–H and O–H groups in total. The zero-order valence-electron chi connectivity index (χ0n) is 17.3. The number of nitrogens with zero attached hydrogens (tertiary/aromatic N) is 1. The number of amides is 1. The van der Waals surface area contributed by atoms with Crippen LogP contribution >= 0.6 is 11.6 Å². The number of hydrogen-bond donors (Lipinski definition) is 1. The van der Waals surface area contributed by atoms with Gasteiger partial charge in [0, 0.05) is 23.9 Å². The molecule has 1 amide bonds. The molecule has 2 aromatic carbocycles. The van der Waals surface area contributed by atoms with Gasteiger partial charge in [-0.05, 0) is 62.1 Å². The van der Waals surface area contributed by atoms with E-state index in [1.165, 1.54) is 12.1 Å². The summed E-state index contributed by atoms with van der Waals surface area (Å²) < 4.78 is 27.5. The zero-order valence-corrected chi connectivity index (χ0v) is 18.9. The summed E-state index contributed by atoms with van der Waals surface area (Å²) in [6.07, 6.45) is 5.08. The Morgan fingerprint density at radius 3 is 2.45 bits per heavy atom. The Balaban J connectivity index is 1.65. The molecule has 1 aliphatic rings. The molecule has 6 nitrogen and oxygen atoms in total. The van der Waals surface area contributed by atoms with E-state index in [9.17, 15) is 18.0 Å². The number of carbonyl (C=O) groups is 2. The summed E-state index contributed by atoms with van der Waals surface area (Å²) in [5.74, 6) is 0.0135. The summed E-state index contributed by atoms with van der Waals surface area (Å²) in [5.41, 5.74) is 0.358. The van der Waals surface area contributed by atoms with E-state index < -0.39 is 15.9 Å². The molecule has 166 valence electrons. The van der Waals surface area contributed by atoms with Crippen LogP contribution in [0.2, 0.25) is 5.02 Å². The highest BCUT2D eigenvalue weighted by Crippen LogP contribution is 2.26. The maximum Gasteiger partial charge on any atom is 0.264 e. The second-order valence-corrected chi connectivity index (χ2v) is 10.0. The molecule has 1 aliphatic carbocycles. The molecule has 3 rings (SSSR count). The third-order valence-corrected chi connectivity index (χ3v) is 7.51. The zero-order chi connectivity index (χ0) is 22.3. The maximum absolute atomic E-state index is 13.2. The van der Waals surface area contributed by atoms with Gasteiger partial charge >= 0.3 is 0 Å². The van der Waals surface area contributed by atoms with Crippen LogP contribution in [0.15, 0.2) is 59.5 Å². The van der Waals surface area contributed by atoms with Gasteiger partial charge in [-0.3, -0.25) is 13.9 Å². The van der Waals surface area contributed by atoms with Crippen LogP contribution in [0.3, 0.4) is 0 Å². The lowest BCUT2D eigenvalue weighted by Gasteiger charge is -2.24. The minimum atomic E-state index is -3.93. The van der Waals surface area contributed by atoms with Crippen molar-refractivity contribution in [1.29, 1.82) is 0 Å². The molecule has 1 atom stereocenters. The van der Waals surface area contributed by atoms with Gasteiger partial charge in [-0.25, -0.2) is 8.42 Å². The van der Waals surface area contributed by atoms with Crippen LogP contribution in [0.25, 0.3) is 0 Å². The molecule has 2 aromatic rings. The quantitative estimate of drug-likeness (QED) is 0.566. The van der Waals surface area contributed by atoms with E-state index in [-0.39, 0.29) is 17.4 Å². The number of ketones is 1. The van der Waals surface area contributed by atoms with Crippen LogP contribution < -0.4 is 9.62 Å². The standard InChI is InChI=1S/C23H27ClN2O4S/c24-19-12-14-20(15-13-19)26(31(29,30)21-9-2-1-3-10-21)17-23(28)25-16-6-8-18-7-4-5-11-22(18)27/h1-3,9-10,12-15,18H,4-8,11,16-17H2,(H,25,28). The van der Waals surface area contributed by atoms with Gasteiger partial charge in [-0.1, -0.05) is 36.2 Å².